The van der Waals surface area contributed by atoms with Crippen LogP contribution in [0.3, 0.4) is 0 Å². The quantitative estimate of drug-likeness (QED) is 0.454. The van der Waals surface area contributed by atoms with Crippen molar-refractivity contribution in [1.82, 2.24) is 14.7 Å². The molecule has 3 heterocycles. The first-order chi connectivity index (χ1) is 16.4. The van der Waals surface area contributed by atoms with Gasteiger partial charge in [-0.25, -0.2) is 0 Å². The van der Waals surface area contributed by atoms with Crippen molar-refractivity contribution in [3.05, 3.63) is 0 Å². The summed E-state index contributed by atoms with van der Waals surface area (Å²) in [6, 6.07) is 5.05. The summed E-state index contributed by atoms with van der Waals surface area (Å²) in [7, 11) is 0. The number of fused-ring (bicyclic) bond motifs is 4. The monoisotopic (exact) mass is 469 g/mol. The summed E-state index contributed by atoms with van der Waals surface area (Å²) in [6.45, 7) is 16.5. The molecule has 0 aromatic heterocycles. The van der Waals surface area contributed by atoms with Gasteiger partial charge in [0.15, 0.2) is 0 Å². The van der Waals surface area contributed by atoms with E-state index in [9.17, 15) is 0 Å². The molecule has 10 unspecified atom stereocenters. The van der Waals surface area contributed by atoms with Gasteiger partial charge in [-0.05, 0) is 141 Å². The lowest BCUT2D eigenvalue weighted by molar-refractivity contribution is 0.00485. The molecular formula is C31H55N3. The van der Waals surface area contributed by atoms with E-state index in [-0.39, 0.29) is 0 Å². The third-order valence-electron chi connectivity index (χ3n) is 12.2. The average molecular weight is 470 g/mol. The number of nitrogens with zero attached hydrogens (tertiary/aromatic N) is 3. The van der Waals surface area contributed by atoms with Gasteiger partial charge >= 0.3 is 0 Å². The van der Waals surface area contributed by atoms with Gasteiger partial charge in [0.25, 0.3) is 0 Å². The molecular weight excluding hydrogens is 414 g/mol. The molecule has 0 spiro atoms. The first-order valence-corrected chi connectivity index (χ1v) is 15.7. The minimum atomic E-state index is 0.742. The number of piperidine rings is 2. The molecule has 3 aliphatic heterocycles. The van der Waals surface area contributed by atoms with Crippen molar-refractivity contribution in [1.29, 1.82) is 0 Å². The van der Waals surface area contributed by atoms with Crippen LogP contribution in [0.4, 0.5) is 0 Å². The molecule has 10 atom stereocenters. The Morgan fingerprint density at radius 3 is 2.03 bits per heavy atom. The lowest BCUT2D eigenvalue weighted by Gasteiger charge is -2.48. The molecule has 2 bridgehead atoms. The first kappa shape index (κ1) is 24.2. The van der Waals surface area contributed by atoms with Crippen molar-refractivity contribution in [2.24, 2.45) is 35.5 Å². The molecule has 3 saturated carbocycles. The lowest BCUT2D eigenvalue weighted by Crippen LogP contribution is -2.52. The highest BCUT2D eigenvalue weighted by atomic mass is 15.2. The third kappa shape index (κ3) is 4.32. The van der Waals surface area contributed by atoms with Crippen LogP contribution in [0.5, 0.6) is 0 Å². The molecule has 6 fully saturated rings. The van der Waals surface area contributed by atoms with Gasteiger partial charge < -0.3 is 0 Å². The van der Waals surface area contributed by atoms with Crippen molar-refractivity contribution < 1.29 is 0 Å². The van der Waals surface area contributed by atoms with E-state index < -0.39 is 0 Å². The summed E-state index contributed by atoms with van der Waals surface area (Å²) >= 11 is 0. The zero-order valence-corrected chi connectivity index (χ0v) is 23.2. The third-order valence-corrected chi connectivity index (χ3v) is 12.2. The maximum atomic E-state index is 3.02. The van der Waals surface area contributed by atoms with Crippen molar-refractivity contribution in [3.63, 3.8) is 0 Å². The molecule has 3 nitrogen and oxygen atoms in total. The summed E-state index contributed by atoms with van der Waals surface area (Å²) in [5, 5.41) is 0. The molecule has 0 aromatic rings. The van der Waals surface area contributed by atoms with Gasteiger partial charge in [0.2, 0.25) is 0 Å². The van der Waals surface area contributed by atoms with Gasteiger partial charge in [0.05, 0.1) is 0 Å². The Hall–Kier alpha value is -0.120. The van der Waals surface area contributed by atoms with Crippen LogP contribution in [0.1, 0.15) is 105 Å². The Morgan fingerprint density at radius 2 is 1.29 bits per heavy atom. The summed E-state index contributed by atoms with van der Waals surface area (Å²) in [4.78, 5) is 8.76. The molecule has 0 aromatic carbocycles. The lowest BCUT2D eigenvalue weighted by atomic mass is 9.68. The molecule has 0 N–H and O–H groups in total. The highest BCUT2D eigenvalue weighted by Gasteiger charge is 2.48. The number of rotatable bonds is 6. The standard InChI is InChI=1S/C31H55N3/c1-20(2)33-18-28-17-29(33)16-26(28)13-22(5)32-12-11-25-14-23(9-10-31(25)32)27-15-24-7-6-8-30(24)34(19-27)21(3)4/h20-31H,6-19H2,1-5H3. The minimum absolute atomic E-state index is 0.742. The predicted octanol–water partition coefficient (Wildman–Crippen LogP) is 6.27. The van der Waals surface area contributed by atoms with E-state index in [1.54, 1.807) is 12.8 Å². The van der Waals surface area contributed by atoms with Gasteiger partial charge in [-0.1, -0.05) is 6.42 Å². The van der Waals surface area contributed by atoms with Crippen LogP contribution in [0.25, 0.3) is 0 Å². The molecule has 3 heteroatoms. The van der Waals surface area contributed by atoms with E-state index in [4.69, 9.17) is 0 Å². The Kier molecular flexibility index (Phi) is 6.87. The van der Waals surface area contributed by atoms with E-state index in [0.717, 1.165) is 71.8 Å². The zero-order valence-electron chi connectivity index (χ0n) is 23.2. The summed E-state index contributed by atoms with van der Waals surface area (Å²) in [5.41, 5.74) is 0. The highest BCUT2D eigenvalue weighted by Crippen LogP contribution is 2.49. The van der Waals surface area contributed by atoms with E-state index in [0.29, 0.717) is 0 Å². The molecule has 3 aliphatic carbocycles. The minimum Gasteiger partial charge on any atom is -0.298 e. The Labute approximate surface area is 211 Å². The Morgan fingerprint density at radius 1 is 0.588 bits per heavy atom. The fourth-order valence-corrected chi connectivity index (χ4v) is 10.6. The second-order valence-electron chi connectivity index (χ2n) is 14.5. The van der Waals surface area contributed by atoms with Gasteiger partial charge in [0.1, 0.15) is 0 Å². The second-order valence-corrected chi connectivity index (χ2v) is 14.5. The van der Waals surface area contributed by atoms with Crippen molar-refractivity contribution in [2.45, 2.75) is 141 Å². The van der Waals surface area contributed by atoms with Gasteiger partial charge in [0, 0.05) is 49.3 Å². The van der Waals surface area contributed by atoms with Crippen LogP contribution < -0.4 is 0 Å². The molecule has 6 aliphatic rings. The summed E-state index contributed by atoms with van der Waals surface area (Å²) < 4.78 is 0. The fourth-order valence-electron chi connectivity index (χ4n) is 10.6. The average Bonchev–Trinajstić information content (AvgIpc) is 3.60. The second kappa shape index (κ2) is 9.64. The smallest absolute Gasteiger partial charge is 0.0127 e. The van der Waals surface area contributed by atoms with Gasteiger partial charge in [-0.2, -0.15) is 0 Å². The maximum absolute atomic E-state index is 3.02. The van der Waals surface area contributed by atoms with Crippen LogP contribution in [0.15, 0.2) is 0 Å². The van der Waals surface area contributed by atoms with Crippen molar-refractivity contribution in [2.75, 3.05) is 19.6 Å². The van der Waals surface area contributed by atoms with Crippen LogP contribution in [0, 0.1) is 35.5 Å². The topological polar surface area (TPSA) is 9.72 Å². The number of hydrogen-bond acceptors (Lipinski definition) is 3. The number of hydrogen-bond donors (Lipinski definition) is 0. The van der Waals surface area contributed by atoms with Crippen molar-refractivity contribution in [3.8, 4) is 0 Å². The van der Waals surface area contributed by atoms with E-state index in [1.165, 1.54) is 77.4 Å². The maximum Gasteiger partial charge on any atom is 0.0127 e. The fraction of sp³-hybridized carbons (Fsp3) is 1.00. The van der Waals surface area contributed by atoms with E-state index in [1.807, 2.05) is 0 Å². The van der Waals surface area contributed by atoms with Crippen LogP contribution >= 0.6 is 0 Å². The van der Waals surface area contributed by atoms with Gasteiger partial charge in [-0.3, -0.25) is 14.7 Å². The Bertz CT molecular complexity index is 705. The SMILES string of the molecule is CC(C)N1CC2CC1CC2CC(C)N1CCC2CC(C3CC4CCCC4N(C(C)C)C3)CCC21. The summed E-state index contributed by atoms with van der Waals surface area (Å²) in [5.74, 6) is 6.05. The van der Waals surface area contributed by atoms with Crippen LogP contribution in [-0.2, 0) is 0 Å². The Balaban J connectivity index is 1.03. The molecule has 194 valence electrons. The van der Waals surface area contributed by atoms with Crippen LogP contribution in [0.2, 0.25) is 0 Å². The molecule has 3 saturated heterocycles. The van der Waals surface area contributed by atoms with Crippen molar-refractivity contribution >= 4 is 0 Å². The number of likely N-dealkylation sites (tertiary alicyclic amines) is 3. The van der Waals surface area contributed by atoms with Gasteiger partial charge in [-0.15, -0.1) is 0 Å². The zero-order chi connectivity index (χ0) is 23.6. The highest BCUT2D eigenvalue weighted by molar-refractivity contribution is 5.02. The molecule has 34 heavy (non-hydrogen) atoms. The molecule has 0 amide bonds. The summed E-state index contributed by atoms with van der Waals surface area (Å²) in [6.07, 6.45) is 16.6. The molecule has 6 rings (SSSR count). The molecule has 0 radical (unpaired) electrons. The normalized spacial score (nSPS) is 46.5. The van der Waals surface area contributed by atoms with Crippen LogP contribution in [-0.4, -0.2) is 70.6 Å². The van der Waals surface area contributed by atoms with E-state index in [2.05, 4.69) is 49.3 Å². The van der Waals surface area contributed by atoms with E-state index >= 15 is 0 Å². The first-order valence-electron chi connectivity index (χ1n) is 15.7. The largest absolute Gasteiger partial charge is 0.298 e. The predicted molar refractivity (Wildman–Crippen MR) is 143 cm³/mol.